The summed E-state index contributed by atoms with van der Waals surface area (Å²) < 4.78 is 0. The molecular weight excluding hydrogens is 298 g/mol. The van der Waals surface area contributed by atoms with E-state index in [1.807, 2.05) is 6.08 Å². The lowest BCUT2D eigenvalue weighted by Gasteiger charge is -2.56. The molecule has 0 bridgehead atoms. The van der Waals surface area contributed by atoms with Crippen LogP contribution in [0.2, 0.25) is 0 Å². The molecular formula is C21H29NO2. The average Bonchev–Trinajstić information content (AvgIpc) is 2.79. The third-order valence-corrected chi connectivity index (χ3v) is 7.95. The van der Waals surface area contributed by atoms with Crippen molar-refractivity contribution in [1.82, 2.24) is 5.32 Å². The predicted molar refractivity (Wildman–Crippen MR) is 94.2 cm³/mol. The van der Waals surface area contributed by atoms with E-state index in [0.29, 0.717) is 17.8 Å². The summed E-state index contributed by atoms with van der Waals surface area (Å²) in [5, 5.41) is 3.03. The summed E-state index contributed by atoms with van der Waals surface area (Å²) in [6.45, 7) is 7.25. The normalized spacial score (nSPS) is 44.3. The summed E-state index contributed by atoms with van der Waals surface area (Å²) in [5.74, 6) is 2.31. The highest BCUT2D eigenvalue weighted by atomic mass is 16.1. The molecule has 3 aliphatic carbocycles. The second-order valence-corrected chi connectivity index (χ2v) is 8.91. The van der Waals surface area contributed by atoms with Crippen molar-refractivity contribution in [3.63, 3.8) is 0 Å². The van der Waals surface area contributed by atoms with Crippen LogP contribution < -0.4 is 5.32 Å². The van der Waals surface area contributed by atoms with Crippen molar-refractivity contribution in [3.05, 3.63) is 23.3 Å². The maximum atomic E-state index is 12.1. The van der Waals surface area contributed by atoms with E-state index in [2.05, 4.69) is 25.2 Å². The second kappa shape index (κ2) is 5.31. The Morgan fingerprint density at radius 3 is 2.71 bits per heavy atom. The lowest BCUT2D eigenvalue weighted by Crippen LogP contribution is -2.49. The molecule has 4 rings (SSSR count). The van der Waals surface area contributed by atoms with Crippen molar-refractivity contribution in [2.24, 2.45) is 28.6 Å². The highest BCUT2D eigenvalue weighted by Crippen LogP contribution is 2.64. The van der Waals surface area contributed by atoms with E-state index < -0.39 is 0 Å². The Morgan fingerprint density at radius 1 is 1.17 bits per heavy atom. The van der Waals surface area contributed by atoms with Crippen molar-refractivity contribution in [2.45, 2.75) is 59.3 Å². The van der Waals surface area contributed by atoms with Crippen LogP contribution in [0.15, 0.2) is 23.3 Å². The van der Waals surface area contributed by atoms with Crippen LogP contribution in [-0.4, -0.2) is 18.2 Å². The van der Waals surface area contributed by atoms with Crippen LogP contribution in [0.25, 0.3) is 0 Å². The van der Waals surface area contributed by atoms with Crippen LogP contribution in [-0.2, 0) is 9.59 Å². The first-order valence-electron chi connectivity index (χ1n) is 9.57. The molecule has 0 spiro atoms. The fraction of sp³-hybridized carbons (Fsp3) is 0.714. The summed E-state index contributed by atoms with van der Waals surface area (Å²) in [7, 11) is 0. The van der Waals surface area contributed by atoms with Crippen molar-refractivity contribution < 1.29 is 9.59 Å². The minimum absolute atomic E-state index is 0.0867. The first-order valence-corrected chi connectivity index (χ1v) is 9.57. The molecule has 0 saturated heterocycles. The zero-order chi connectivity index (χ0) is 17.1. The fourth-order valence-corrected chi connectivity index (χ4v) is 6.68. The summed E-state index contributed by atoms with van der Waals surface area (Å²) >= 11 is 0. The topological polar surface area (TPSA) is 46.2 Å². The molecule has 0 aromatic heterocycles. The zero-order valence-electron chi connectivity index (χ0n) is 15.2. The Bertz CT molecular complexity index is 661. The highest BCUT2D eigenvalue weighted by molar-refractivity contribution is 5.95. The van der Waals surface area contributed by atoms with Gasteiger partial charge in [-0.3, -0.25) is 9.59 Å². The standard InChI is InChI=1S/C21H29NO2/c1-13(23)16-6-7-17-15-5-4-14-12-19(24)22-11-10-20(14,2)18(15)8-9-21(16,17)3/h6,12,15,17-18H,4-5,7-11H2,1-3H3,(H,22,24)/t15-,17-,18-,20-,21+/m0/s1. The lowest BCUT2D eigenvalue weighted by atomic mass is 9.47. The largest absolute Gasteiger partial charge is 0.353 e. The quantitative estimate of drug-likeness (QED) is 0.796. The minimum atomic E-state index is 0.0867. The summed E-state index contributed by atoms with van der Waals surface area (Å²) in [5.41, 5.74) is 2.71. The number of carbonyl (C=O) groups excluding carboxylic acids is 2. The van der Waals surface area contributed by atoms with Gasteiger partial charge in [0, 0.05) is 12.6 Å². The molecule has 1 aliphatic heterocycles. The molecule has 2 fully saturated rings. The number of hydrogen-bond acceptors (Lipinski definition) is 2. The predicted octanol–water partition coefficient (Wildman–Crippen LogP) is 3.80. The van der Waals surface area contributed by atoms with Crippen LogP contribution in [0, 0.1) is 28.6 Å². The molecule has 3 heteroatoms. The fourth-order valence-electron chi connectivity index (χ4n) is 6.68. The third kappa shape index (κ3) is 2.09. The Morgan fingerprint density at radius 2 is 1.96 bits per heavy atom. The number of amides is 1. The lowest BCUT2D eigenvalue weighted by molar-refractivity contribution is -0.117. The number of allylic oxidation sites excluding steroid dienone is 3. The summed E-state index contributed by atoms with van der Waals surface area (Å²) in [6.07, 6.45) is 10.8. The van der Waals surface area contributed by atoms with E-state index in [-0.39, 0.29) is 22.5 Å². The van der Waals surface area contributed by atoms with Crippen molar-refractivity contribution in [1.29, 1.82) is 0 Å². The Labute approximate surface area is 145 Å². The van der Waals surface area contributed by atoms with Gasteiger partial charge in [0.25, 0.3) is 0 Å². The van der Waals surface area contributed by atoms with Gasteiger partial charge in [0.2, 0.25) is 5.91 Å². The van der Waals surface area contributed by atoms with Gasteiger partial charge in [-0.05, 0) is 79.6 Å². The van der Waals surface area contributed by atoms with Crippen LogP contribution in [0.4, 0.5) is 0 Å². The molecule has 5 atom stereocenters. The van der Waals surface area contributed by atoms with Gasteiger partial charge in [0.05, 0.1) is 0 Å². The van der Waals surface area contributed by atoms with Crippen LogP contribution in [0.1, 0.15) is 59.3 Å². The second-order valence-electron chi connectivity index (χ2n) is 8.91. The first-order chi connectivity index (χ1) is 11.4. The molecule has 24 heavy (non-hydrogen) atoms. The molecule has 1 heterocycles. The van der Waals surface area contributed by atoms with Crippen molar-refractivity contribution in [3.8, 4) is 0 Å². The number of ketones is 1. The summed E-state index contributed by atoms with van der Waals surface area (Å²) in [6, 6.07) is 0. The number of hydrogen-bond donors (Lipinski definition) is 1. The number of rotatable bonds is 1. The number of fused-ring (bicyclic) bond motifs is 5. The van der Waals surface area contributed by atoms with Gasteiger partial charge in [-0.25, -0.2) is 0 Å². The van der Waals surface area contributed by atoms with Crippen LogP contribution in [0.3, 0.4) is 0 Å². The van der Waals surface area contributed by atoms with Gasteiger partial charge in [-0.15, -0.1) is 0 Å². The van der Waals surface area contributed by atoms with Gasteiger partial charge in [-0.2, -0.15) is 0 Å². The molecule has 2 saturated carbocycles. The Hall–Kier alpha value is -1.38. The van der Waals surface area contributed by atoms with E-state index in [9.17, 15) is 9.59 Å². The smallest absolute Gasteiger partial charge is 0.243 e. The highest BCUT2D eigenvalue weighted by Gasteiger charge is 2.57. The molecule has 130 valence electrons. The molecule has 1 amide bonds. The van der Waals surface area contributed by atoms with Crippen LogP contribution >= 0.6 is 0 Å². The van der Waals surface area contributed by atoms with E-state index in [1.165, 1.54) is 18.4 Å². The van der Waals surface area contributed by atoms with E-state index in [1.54, 1.807) is 6.92 Å². The molecule has 0 aromatic rings. The maximum absolute atomic E-state index is 12.1. The van der Waals surface area contributed by atoms with Gasteiger partial charge in [0.15, 0.2) is 5.78 Å². The van der Waals surface area contributed by atoms with Crippen molar-refractivity contribution in [2.75, 3.05) is 6.54 Å². The Kier molecular flexibility index (Phi) is 3.56. The van der Waals surface area contributed by atoms with Crippen LogP contribution in [0.5, 0.6) is 0 Å². The molecule has 4 aliphatic rings. The summed E-state index contributed by atoms with van der Waals surface area (Å²) in [4.78, 5) is 24.1. The molecule has 0 unspecified atom stereocenters. The molecule has 0 radical (unpaired) electrons. The van der Waals surface area contributed by atoms with Gasteiger partial charge >= 0.3 is 0 Å². The molecule has 1 N–H and O–H groups in total. The maximum Gasteiger partial charge on any atom is 0.243 e. The molecule has 3 nitrogen and oxygen atoms in total. The monoisotopic (exact) mass is 327 g/mol. The number of nitrogens with one attached hydrogen (secondary N) is 1. The van der Waals surface area contributed by atoms with Gasteiger partial charge in [0.1, 0.15) is 0 Å². The third-order valence-electron chi connectivity index (χ3n) is 7.95. The number of carbonyl (C=O) groups is 2. The van der Waals surface area contributed by atoms with E-state index >= 15 is 0 Å². The number of Topliss-reactive ketones (excluding diaryl/α,β-unsaturated/α-hetero) is 1. The van der Waals surface area contributed by atoms with Gasteiger partial charge in [-0.1, -0.05) is 25.5 Å². The Balaban J connectivity index is 1.68. The van der Waals surface area contributed by atoms with E-state index in [4.69, 9.17) is 0 Å². The first kappa shape index (κ1) is 16.1. The van der Waals surface area contributed by atoms with Crippen molar-refractivity contribution >= 4 is 11.7 Å². The van der Waals surface area contributed by atoms with E-state index in [0.717, 1.165) is 37.8 Å². The SMILES string of the molecule is CC(=O)C1=CC[C@H]2[C@@H]3CCC4=CC(=O)NCC[C@]4(C)[C@H]3CC[C@]12C. The van der Waals surface area contributed by atoms with Gasteiger partial charge < -0.3 is 5.32 Å². The molecule has 0 aromatic carbocycles. The zero-order valence-corrected chi connectivity index (χ0v) is 15.2. The average molecular weight is 327 g/mol. The minimum Gasteiger partial charge on any atom is -0.353 e.